The van der Waals surface area contributed by atoms with Crippen molar-refractivity contribution < 1.29 is 0 Å². The molecule has 0 radical (unpaired) electrons. The van der Waals surface area contributed by atoms with Crippen LogP contribution in [-0.4, -0.2) is 24.0 Å². The summed E-state index contributed by atoms with van der Waals surface area (Å²) in [6.45, 7) is 4.89. The monoisotopic (exact) mass is 215 g/mol. The molecule has 1 heteroatoms. The number of benzene rings is 1. The minimum atomic E-state index is 0.828. The van der Waals surface area contributed by atoms with E-state index in [1.807, 2.05) is 0 Å². The lowest BCUT2D eigenvalue weighted by molar-refractivity contribution is 0.0498. The Morgan fingerprint density at radius 1 is 1.25 bits per heavy atom. The van der Waals surface area contributed by atoms with Gasteiger partial charge >= 0.3 is 0 Å². The van der Waals surface area contributed by atoms with Gasteiger partial charge in [0.1, 0.15) is 0 Å². The van der Waals surface area contributed by atoms with E-state index >= 15 is 0 Å². The first-order valence-electron chi connectivity index (χ1n) is 6.61. The molecule has 0 aliphatic carbocycles. The first-order valence-corrected chi connectivity index (χ1v) is 6.61. The highest BCUT2D eigenvalue weighted by atomic mass is 15.2. The van der Waals surface area contributed by atoms with Gasteiger partial charge in [-0.15, -0.1) is 0 Å². The SMILES string of the molecule is Cc1cccc(CC2CC3CCN2CC3)c1. The lowest BCUT2D eigenvalue weighted by atomic mass is 9.81. The molecule has 2 bridgehead atoms. The summed E-state index contributed by atoms with van der Waals surface area (Å²) in [5.41, 5.74) is 2.92. The van der Waals surface area contributed by atoms with Gasteiger partial charge in [0, 0.05) is 6.04 Å². The quantitative estimate of drug-likeness (QED) is 0.733. The van der Waals surface area contributed by atoms with Gasteiger partial charge in [0.15, 0.2) is 0 Å². The highest BCUT2D eigenvalue weighted by molar-refractivity contribution is 5.23. The molecule has 3 aliphatic heterocycles. The van der Waals surface area contributed by atoms with Gasteiger partial charge in [-0.2, -0.15) is 0 Å². The molecule has 16 heavy (non-hydrogen) atoms. The van der Waals surface area contributed by atoms with Gasteiger partial charge in [-0.1, -0.05) is 29.8 Å². The average Bonchev–Trinajstić information content (AvgIpc) is 2.30. The molecule has 3 saturated heterocycles. The van der Waals surface area contributed by atoms with Crippen molar-refractivity contribution in [3.8, 4) is 0 Å². The molecule has 86 valence electrons. The molecule has 0 amide bonds. The number of nitrogens with zero attached hydrogens (tertiary/aromatic N) is 1. The normalized spacial score (nSPS) is 32.9. The second-order valence-corrected chi connectivity index (χ2v) is 5.56. The Kier molecular flexibility index (Phi) is 2.72. The fourth-order valence-corrected chi connectivity index (χ4v) is 3.41. The van der Waals surface area contributed by atoms with Crippen LogP contribution in [-0.2, 0) is 6.42 Å². The molecule has 0 N–H and O–H groups in total. The van der Waals surface area contributed by atoms with Gasteiger partial charge in [0.2, 0.25) is 0 Å². The molecule has 1 atom stereocenters. The van der Waals surface area contributed by atoms with E-state index in [4.69, 9.17) is 0 Å². The number of hydrogen-bond donors (Lipinski definition) is 0. The standard InChI is InChI=1S/C15H21N/c1-12-3-2-4-14(9-12)11-15-10-13-5-7-16(15)8-6-13/h2-4,9,13,15H,5-8,10-11H2,1H3. The Hall–Kier alpha value is -0.820. The van der Waals surface area contributed by atoms with Crippen molar-refractivity contribution >= 4 is 0 Å². The molecule has 1 unspecified atom stereocenters. The molecule has 0 spiro atoms. The van der Waals surface area contributed by atoms with Crippen LogP contribution in [0.15, 0.2) is 24.3 Å². The van der Waals surface area contributed by atoms with Crippen molar-refractivity contribution in [2.24, 2.45) is 5.92 Å². The smallest absolute Gasteiger partial charge is 0.0138 e. The Balaban J connectivity index is 1.71. The number of piperidine rings is 3. The first kappa shape index (κ1) is 10.3. The number of aryl methyl sites for hydroxylation is 1. The molecule has 1 nitrogen and oxygen atoms in total. The second-order valence-electron chi connectivity index (χ2n) is 5.56. The number of rotatable bonds is 2. The third kappa shape index (κ3) is 2.01. The fraction of sp³-hybridized carbons (Fsp3) is 0.600. The van der Waals surface area contributed by atoms with E-state index in [1.165, 1.54) is 49.9 Å². The van der Waals surface area contributed by atoms with Crippen molar-refractivity contribution in [1.82, 2.24) is 4.90 Å². The van der Waals surface area contributed by atoms with E-state index in [0.717, 1.165) is 12.0 Å². The minimum Gasteiger partial charge on any atom is -0.300 e. The Morgan fingerprint density at radius 2 is 2.06 bits per heavy atom. The van der Waals surface area contributed by atoms with Crippen molar-refractivity contribution in [2.45, 2.75) is 38.6 Å². The van der Waals surface area contributed by atoms with Crippen LogP contribution in [0.3, 0.4) is 0 Å². The summed E-state index contributed by atoms with van der Waals surface area (Å²) in [5, 5.41) is 0. The van der Waals surface area contributed by atoms with Crippen LogP contribution in [0.1, 0.15) is 30.4 Å². The van der Waals surface area contributed by atoms with Crippen molar-refractivity contribution in [3.63, 3.8) is 0 Å². The second kappa shape index (κ2) is 4.21. The van der Waals surface area contributed by atoms with Crippen LogP contribution in [0.2, 0.25) is 0 Å². The van der Waals surface area contributed by atoms with Gasteiger partial charge in [-0.25, -0.2) is 0 Å². The first-order chi connectivity index (χ1) is 7.81. The Bertz CT molecular complexity index is 363. The summed E-state index contributed by atoms with van der Waals surface area (Å²) in [5.74, 6) is 1.03. The van der Waals surface area contributed by atoms with Gasteiger partial charge in [0.05, 0.1) is 0 Å². The van der Waals surface area contributed by atoms with Crippen LogP contribution in [0, 0.1) is 12.8 Å². The molecule has 3 aliphatic rings. The lowest BCUT2D eigenvalue weighted by Gasteiger charge is -2.45. The predicted molar refractivity (Wildman–Crippen MR) is 67.6 cm³/mol. The van der Waals surface area contributed by atoms with E-state index in [1.54, 1.807) is 0 Å². The minimum absolute atomic E-state index is 0.828. The van der Waals surface area contributed by atoms with E-state index in [9.17, 15) is 0 Å². The van der Waals surface area contributed by atoms with Gasteiger partial charge < -0.3 is 4.90 Å². The average molecular weight is 215 g/mol. The third-order valence-electron chi connectivity index (χ3n) is 4.32. The van der Waals surface area contributed by atoms with E-state index in [-0.39, 0.29) is 0 Å². The molecular formula is C15H21N. The highest BCUT2D eigenvalue weighted by Crippen LogP contribution is 2.33. The maximum Gasteiger partial charge on any atom is 0.0138 e. The van der Waals surface area contributed by atoms with Crippen molar-refractivity contribution in [2.75, 3.05) is 13.1 Å². The fourth-order valence-electron chi connectivity index (χ4n) is 3.41. The summed E-state index contributed by atoms with van der Waals surface area (Å²) in [4.78, 5) is 2.71. The Morgan fingerprint density at radius 3 is 2.69 bits per heavy atom. The third-order valence-corrected chi connectivity index (χ3v) is 4.32. The Labute approximate surface area is 98.5 Å². The van der Waals surface area contributed by atoms with Crippen LogP contribution < -0.4 is 0 Å². The lowest BCUT2D eigenvalue weighted by Crippen LogP contribution is -2.49. The summed E-state index contributed by atoms with van der Waals surface area (Å²) < 4.78 is 0. The van der Waals surface area contributed by atoms with E-state index in [2.05, 4.69) is 36.1 Å². The molecule has 3 heterocycles. The van der Waals surface area contributed by atoms with Gasteiger partial charge in [-0.3, -0.25) is 0 Å². The number of fused-ring (bicyclic) bond motifs is 3. The molecule has 3 fully saturated rings. The largest absolute Gasteiger partial charge is 0.300 e. The summed E-state index contributed by atoms with van der Waals surface area (Å²) in [6, 6.07) is 9.85. The molecule has 0 saturated carbocycles. The molecule has 4 rings (SSSR count). The highest BCUT2D eigenvalue weighted by Gasteiger charge is 2.33. The summed E-state index contributed by atoms with van der Waals surface area (Å²) in [7, 11) is 0. The van der Waals surface area contributed by atoms with Crippen LogP contribution in [0.25, 0.3) is 0 Å². The zero-order chi connectivity index (χ0) is 11.0. The maximum atomic E-state index is 2.71. The maximum absolute atomic E-state index is 2.71. The van der Waals surface area contributed by atoms with Crippen LogP contribution >= 0.6 is 0 Å². The zero-order valence-electron chi connectivity index (χ0n) is 10.2. The predicted octanol–water partition coefficient (Wildman–Crippen LogP) is 3.02. The zero-order valence-corrected chi connectivity index (χ0v) is 10.2. The van der Waals surface area contributed by atoms with E-state index < -0.39 is 0 Å². The van der Waals surface area contributed by atoms with Crippen LogP contribution in [0.5, 0.6) is 0 Å². The number of hydrogen-bond acceptors (Lipinski definition) is 1. The van der Waals surface area contributed by atoms with Crippen molar-refractivity contribution in [3.05, 3.63) is 35.4 Å². The molecular weight excluding hydrogens is 194 g/mol. The van der Waals surface area contributed by atoms with Gasteiger partial charge in [-0.05, 0) is 57.2 Å². The topological polar surface area (TPSA) is 3.24 Å². The molecule has 0 aromatic heterocycles. The molecule has 1 aromatic rings. The molecule has 1 aromatic carbocycles. The summed E-state index contributed by atoms with van der Waals surface area (Å²) >= 11 is 0. The van der Waals surface area contributed by atoms with Crippen LogP contribution in [0.4, 0.5) is 0 Å². The van der Waals surface area contributed by atoms with E-state index in [0.29, 0.717) is 0 Å². The van der Waals surface area contributed by atoms with Crippen molar-refractivity contribution in [1.29, 1.82) is 0 Å². The summed E-state index contributed by atoms with van der Waals surface area (Å²) in [6.07, 6.45) is 5.60. The van der Waals surface area contributed by atoms with Gasteiger partial charge in [0.25, 0.3) is 0 Å².